The van der Waals surface area contributed by atoms with E-state index in [0.29, 0.717) is 6.42 Å². The lowest BCUT2D eigenvalue weighted by molar-refractivity contribution is -0.146. The molecule has 0 radical (unpaired) electrons. The zero-order valence-corrected chi connectivity index (χ0v) is 12.4. The number of amides is 1. The van der Waals surface area contributed by atoms with Crippen LogP contribution in [0.3, 0.4) is 0 Å². The summed E-state index contributed by atoms with van der Waals surface area (Å²) in [5.41, 5.74) is -0.388. The van der Waals surface area contributed by atoms with E-state index in [1.165, 1.54) is 13.0 Å². The van der Waals surface area contributed by atoms with Crippen LogP contribution in [0.5, 0.6) is 0 Å². The van der Waals surface area contributed by atoms with Crippen LogP contribution < -0.4 is 5.32 Å². The Hall–Kier alpha value is -1.62. The summed E-state index contributed by atoms with van der Waals surface area (Å²) in [5, 5.41) is 11.6. The molecular formula is C14H16BrNO3. The summed E-state index contributed by atoms with van der Waals surface area (Å²) in [5.74, 6) is -1.47. The van der Waals surface area contributed by atoms with Gasteiger partial charge in [0, 0.05) is 10.5 Å². The Balaban J connectivity index is 2.76. The average molecular weight is 326 g/mol. The largest absolute Gasteiger partial charge is 0.480 e. The molecule has 102 valence electrons. The molecule has 0 aliphatic rings. The Labute approximate surface area is 120 Å². The van der Waals surface area contributed by atoms with Crippen molar-refractivity contribution in [2.24, 2.45) is 0 Å². The molecule has 1 amide bonds. The number of carboxylic acids is 1. The topological polar surface area (TPSA) is 66.4 Å². The van der Waals surface area contributed by atoms with Gasteiger partial charge in [0.05, 0.1) is 0 Å². The number of carbonyl (C=O) groups is 2. The molecule has 1 atom stereocenters. The Bertz CT molecular complexity index is 513. The number of rotatable bonds is 5. The fourth-order valence-corrected chi connectivity index (χ4v) is 1.80. The molecule has 0 fully saturated rings. The van der Waals surface area contributed by atoms with Gasteiger partial charge in [0.2, 0.25) is 5.91 Å². The molecular weight excluding hydrogens is 310 g/mol. The van der Waals surface area contributed by atoms with Gasteiger partial charge < -0.3 is 10.4 Å². The van der Waals surface area contributed by atoms with Gasteiger partial charge in [-0.05, 0) is 31.1 Å². The molecule has 0 saturated heterocycles. The van der Waals surface area contributed by atoms with Crippen molar-refractivity contribution in [2.45, 2.75) is 25.8 Å². The summed E-state index contributed by atoms with van der Waals surface area (Å²) < 4.78 is 0.871. The second-order valence-electron chi connectivity index (χ2n) is 4.33. The van der Waals surface area contributed by atoms with Crippen molar-refractivity contribution in [2.75, 3.05) is 0 Å². The minimum atomic E-state index is -1.24. The van der Waals surface area contributed by atoms with Gasteiger partial charge in [0.25, 0.3) is 0 Å². The van der Waals surface area contributed by atoms with Gasteiger partial charge in [-0.1, -0.05) is 41.1 Å². The van der Waals surface area contributed by atoms with Crippen molar-refractivity contribution < 1.29 is 14.7 Å². The molecule has 1 aromatic rings. The maximum absolute atomic E-state index is 11.7. The number of benzene rings is 1. The normalized spacial score (nSPS) is 14.1. The SMILES string of the molecule is CCC(C)(NC(=O)C=Cc1ccccc1Br)C(=O)O. The number of carboxylic acid groups (broad SMARTS) is 1. The smallest absolute Gasteiger partial charge is 0.329 e. The van der Waals surface area contributed by atoms with E-state index >= 15 is 0 Å². The first-order chi connectivity index (χ1) is 8.89. The summed E-state index contributed by atoms with van der Waals surface area (Å²) >= 11 is 3.37. The summed E-state index contributed by atoms with van der Waals surface area (Å²) in [6, 6.07) is 7.45. The standard InChI is InChI=1S/C14H16BrNO3/c1-3-14(2,13(18)19)16-12(17)9-8-10-6-4-5-7-11(10)15/h4-9H,3H2,1-2H3,(H,16,17)(H,18,19). The Morgan fingerprint density at radius 2 is 2.05 bits per heavy atom. The van der Waals surface area contributed by atoms with Crippen LogP contribution >= 0.6 is 15.9 Å². The lowest BCUT2D eigenvalue weighted by Gasteiger charge is -2.23. The third-order valence-electron chi connectivity index (χ3n) is 2.90. The van der Waals surface area contributed by atoms with Gasteiger partial charge in [0.1, 0.15) is 5.54 Å². The Morgan fingerprint density at radius 1 is 1.42 bits per heavy atom. The summed E-state index contributed by atoms with van der Waals surface area (Å²) in [7, 11) is 0. The van der Waals surface area contributed by atoms with E-state index in [2.05, 4.69) is 21.2 Å². The fraction of sp³-hybridized carbons (Fsp3) is 0.286. The monoisotopic (exact) mass is 325 g/mol. The molecule has 0 heterocycles. The minimum absolute atomic E-state index is 0.316. The highest BCUT2D eigenvalue weighted by molar-refractivity contribution is 9.10. The van der Waals surface area contributed by atoms with Crippen LogP contribution in [0.15, 0.2) is 34.8 Å². The zero-order chi connectivity index (χ0) is 14.5. The van der Waals surface area contributed by atoms with Gasteiger partial charge in [-0.15, -0.1) is 0 Å². The van der Waals surface area contributed by atoms with Crippen molar-refractivity contribution in [1.82, 2.24) is 5.32 Å². The van der Waals surface area contributed by atoms with E-state index in [1.54, 1.807) is 13.0 Å². The predicted octanol–water partition coefficient (Wildman–Crippen LogP) is 2.83. The Kier molecular flexibility index (Phi) is 5.30. The first-order valence-electron chi connectivity index (χ1n) is 5.87. The summed E-state index contributed by atoms with van der Waals surface area (Å²) in [4.78, 5) is 22.8. The van der Waals surface area contributed by atoms with Crippen molar-refractivity contribution in [1.29, 1.82) is 0 Å². The third-order valence-corrected chi connectivity index (χ3v) is 3.62. The first kappa shape index (κ1) is 15.4. The molecule has 2 N–H and O–H groups in total. The van der Waals surface area contributed by atoms with E-state index < -0.39 is 17.4 Å². The van der Waals surface area contributed by atoms with Gasteiger partial charge in [-0.3, -0.25) is 4.79 Å². The Morgan fingerprint density at radius 3 is 2.58 bits per heavy atom. The van der Waals surface area contributed by atoms with E-state index in [4.69, 9.17) is 5.11 Å². The van der Waals surface area contributed by atoms with Crippen LogP contribution in [0.4, 0.5) is 0 Å². The highest BCUT2D eigenvalue weighted by Gasteiger charge is 2.31. The van der Waals surface area contributed by atoms with Gasteiger partial charge in [0.15, 0.2) is 0 Å². The van der Waals surface area contributed by atoms with Crippen LogP contribution in [-0.4, -0.2) is 22.5 Å². The minimum Gasteiger partial charge on any atom is -0.480 e. The molecule has 0 aromatic heterocycles. The van der Waals surface area contributed by atoms with E-state index in [1.807, 2.05) is 24.3 Å². The average Bonchev–Trinajstić information content (AvgIpc) is 2.37. The molecule has 1 aromatic carbocycles. The van der Waals surface area contributed by atoms with Crippen molar-refractivity contribution >= 4 is 33.9 Å². The summed E-state index contributed by atoms with van der Waals surface area (Å²) in [6.07, 6.45) is 3.28. The second-order valence-corrected chi connectivity index (χ2v) is 5.19. The predicted molar refractivity (Wildman–Crippen MR) is 77.7 cm³/mol. The number of carbonyl (C=O) groups excluding carboxylic acids is 1. The van der Waals surface area contributed by atoms with Crippen LogP contribution in [0.1, 0.15) is 25.8 Å². The highest BCUT2D eigenvalue weighted by Crippen LogP contribution is 2.17. The quantitative estimate of drug-likeness (QED) is 0.818. The molecule has 1 rings (SSSR count). The van der Waals surface area contributed by atoms with Crippen LogP contribution in [0.25, 0.3) is 6.08 Å². The number of nitrogens with one attached hydrogen (secondary N) is 1. The second kappa shape index (κ2) is 6.52. The van der Waals surface area contributed by atoms with Crippen molar-refractivity contribution in [3.8, 4) is 0 Å². The number of hydrogen-bond acceptors (Lipinski definition) is 2. The number of hydrogen-bond donors (Lipinski definition) is 2. The lowest BCUT2D eigenvalue weighted by atomic mass is 9.99. The molecule has 0 aliphatic carbocycles. The van der Waals surface area contributed by atoms with Crippen molar-refractivity contribution in [3.05, 3.63) is 40.4 Å². The van der Waals surface area contributed by atoms with Crippen LogP contribution in [-0.2, 0) is 9.59 Å². The first-order valence-corrected chi connectivity index (χ1v) is 6.66. The summed E-state index contributed by atoms with van der Waals surface area (Å²) in [6.45, 7) is 3.20. The van der Waals surface area contributed by atoms with Crippen LogP contribution in [0, 0.1) is 0 Å². The molecule has 0 aliphatic heterocycles. The van der Waals surface area contributed by atoms with E-state index in [9.17, 15) is 9.59 Å². The maximum atomic E-state index is 11.7. The van der Waals surface area contributed by atoms with E-state index in [-0.39, 0.29) is 0 Å². The van der Waals surface area contributed by atoms with E-state index in [0.717, 1.165) is 10.0 Å². The molecule has 5 heteroatoms. The van der Waals surface area contributed by atoms with Crippen LogP contribution in [0.2, 0.25) is 0 Å². The van der Waals surface area contributed by atoms with Gasteiger partial charge in [-0.25, -0.2) is 4.79 Å². The van der Waals surface area contributed by atoms with Gasteiger partial charge >= 0.3 is 5.97 Å². The molecule has 4 nitrogen and oxygen atoms in total. The lowest BCUT2D eigenvalue weighted by Crippen LogP contribution is -2.51. The maximum Gasteiger partial charge on any atom is 0.329 e. The third kappa shape index (κ3) is 4.21. The zero-order valence-electron chi connectivity index (χ0n) is 10.8. The van der Waals surface area contributed by atoms with Gasteiger partial charge in [-0.2, -0.15) is 0 Å². The molecule has 0 spiro atoms. The molecule has 0 saturated carbocycles. The highest BCUT2D eigenvalue weighted by atomic mass is 79.9. The van der Waals surface area contributed by atoms with Crippen molar-refractivity contribution in [3.63, 3.8) is 0 Å². The number of aliphatic carboxylic acids is 1. The molecule has 1 unspecified atom stereocenters. The number of halogens is 1. The molecule has 0 bridgehead atoms. The fourth-order valence-electron chi connectivity index (χ4n) is 1.38. The molecule has 19 heavy (non-hydrogen) atoms.